The summed E-state index contributed by atoms with van der Waals surface area (Å²) in [6, 6.07) is 8.14. The van der Waals surface area contributed by atoms with E-state index in [2.05, 4.69) is 18.7 Å². The van der Waals surface area contributed by atoms with E-state index < -0.39 is 6.10 Å². The molecule has 1 atom stereocenters. The summed E-state index contributed by atoms with van der Waals surface area (Å²) in [5.41, 5.74) is 2.33. The topological polar surface area (TPSA) is 29.5 Å². The Morgan fingerprint density at radius 3 is 2.87 bits per heavy atom. The SMILES string of the molecule is C=CCc1cccc(CO[CH]C(C)O)c1. The van der Waals surface area contributed by atoms with Crippen LogP contribution in [-0.2, 0) is 17.8 Å². The van der Waals surface area contributed by atoms with Gasteiger partial charge in [0, 0.05) is 0 Å². The monoisotopic (exact) mass is 205 g/mol. The molecule has 0 heterocycles. The van der Waals surface area contributed by atoms with Crippen molar-refractivity contribution in [1.82, 2.24) is 0 Å². The van der Waals surface area contributed by atoms with Crippen molar-refractivity contribution < 1.29 is 9.84 Å². The molecule has 1 unspecified atom stereocenters. The lowest BCUT2D eigenvalue weighted by molar-refractivity contribution is 0.0941. The maximum Gasteiger partial charge on any atom is 0.112 e. The molecule has 0 saturated heterocycles. The second-order valence-electron chi connectivity index (χ2n) is 3.50. The van der Waals surface area contributed by atoms with Gasteiger partial charge in [-0.15, -0.1) is 6.58 Å². The molecular formula is C13H17O2. The Balaban J connectivity index is 2.46. The van der Waals surface area contributed by atoms with E-state index in [9.17, 15) is 0 Å². The molecule has 15 heavy (non-hydrogen) atoms. The first-order chi connectivity index (χ1) is 7.22. The van der Waals surface area contributed by atoms with Crippen LogP contribution in [0.15, 0.2) is 36.9 Å². The summed E-state index contributed by atoms with van der Waals surface area (Å²) in [5.74, 6) is 0. The predicted octanol–water partition coefficient (Wildman–Crippen LogP) is 2.47. The highest BCUT2D eigenvalue weighted by Gasteiger charge is 1.98. The van der Waals surface area contributed by atoms with Gasteiger partial charge in [0.2, 0.25) is 0 Å². The highest BCUT2D eigenvalue weighted by molar-refractivity contribution is 5.24. The molecule has 0 saturated carbocycles. The first-order valence-electron chi connectivity index (χ1n) is 5.04. The van der Waals surface area contributed by atoms with Gasteiger partial charge in [-0.3, -0.25) is 0 Å². The first-order valence-corrected chi connectivity index (χ1v) is 5.04. The lowest BCUT2D eigenvalue weighted by Gasteiger charge is -2.06. The molecule has 2 nitrogen and oxygen atoms in total. The van der Waals surface area contributed by atoms with Crippen LogP contribution in [0.3, 0.4) is 0 Å². The van der Waals surface area contributed by atoms with Crippen LogP contribution in [0.5, 0.6) is 0 Å². The van der Waals surface area contributed by atoms with Gasteiger partial charge in [-0.1, -0.05) is 30.3 Å². The molecular weight excluding hydrogens is 188 g/mol. The van der Waals surface area contributed by atoms with Gasteiger partial charge in [0.15, 0.2) is 0 Å². The number of aliphatic hydroxyl groups excluding tert-OH is 1. The van der Waals surface area contributed by atoms with E-state index in [4.69, 9.17) is 9.84 Å². The van der Waals surface area contributed by atoms with Crippen LogP contribution in [0.2, 0.25) is 0 Å². The molecule has 2 heteroatoms. The van der Waals surface area contributed by atoms with Gasteiger partial charge in [-0.05, 0) is 24.5 Å². The van der Waals surface area contributed by atoms with E-state index >= 15 is 0 Å². The van der Waals surface area contributed by atoms with Gasteiger partial charge in [0.05, 0.1) is 12.7 Å². The molecule has 1 rings (SSSR count). The fourth-order valence-corrected chi connectivity index (χ4v) is 1.30. The minimum atomic E-state index is -0.527. The van der Waals surface area contributed by atoms with Gasteiger partial charge in [-0.25, -0.2) is 0 Å². The molecule has 1 N–H and O–H groups in total. The predicted molar refractivity (Wildman–Crippen MR) is 61.1 cm³/mol. The van der Waals surface area contributed by atoms with E-state index in [-0.39, 0.29) is 0 Å². The molecule has 1 aromatic carbocycles. The standard InChI is InChI=1S/C13H17O2/c1-3-5-12-6-4-7-13(8-12)10-15-9-11(2)14/h3-4,6-9,11,14H,1,5,10H2,2H3. The van der Waals surface area contributed by atoms with Crippen molar-refractivity contribution in [2.45, 2.75) is 26.1 Å². The lowest BCUT2D eigenvalue weighted by atomic mass is 10.1. The molecule has 1 radical (unpaired) electrons. The van der Waals surface area contributed by atoms with Crippen LogP contribution in [0.25, 0.3) is 0 Å². The zero-order valence-corrected chi connectivity index (χ0v) is 9.02. The number of benzene rings is 1. The van der Waals surface area contributed by atoms with Gasteiger partial charge in [-0.2, -0.15) is 0 Å². The van der Waals surface area contributed by atoms with E-state index in [1.807, 2.05) is 18.2 Å². The molecule has 81 valence electrons. The summed E-state index contributed by atoms with van der Waals surface area (Å²) in [4.78, 5) is 0. The Bertz CT molecular complexity index is 305. The second kappa shape index (κ2) is 6.38. The van der Waals surface area contributed by atoms with E-state index in [1.165, 1.54) is 12.2 Å². The van der Waals surface area contributed by atoms with Crippen LogP contribution < -0.4 is 0 Å². The summed E-state index contributed by atoms with van der Waals surface area (Å²) in [5, 5.41) is 8.98. The quantitative estimate of drug-likeness (QED) is 0.723. The molecule has 0 fully saturated rings. The molecule has 1 aromatic rings. The Hall–Kier alpha value is -1.12. The fraction of sp³-hybridized carbons (Fsp3) is 0.308. The summed E-state index contributed by atoms with van der Waals surface area (Å²) in [6.45, 7) is 7.29. The Morgan fingerprint density at radius 1 is 1.47 bits per heavy atom. The average molecular weight is 205 g/mol. The van der Waals surface area contributed by atoms with Crippen molar-refractivity contribution in [2.75, 3.05) is 0 Å². The summed E-state index contributed by atoms with van der Waals surface area (Å²) in [6.07, 6.45) is 2.22. The van der Waals surface area contributed by atoms with Crippen molar-refractivity contribution in [2.24, 2.45) is 0 Å². The third-order valence-corrected chi connectivity index (χ3v) is 1.91. The lowest BCUT2D eigenvalue weighted by Crippen LogP contribution is -2.03. The van der Waals surface area contributed by atoms with E-state index in [1.54, 1.807) is 6.92 Å². The number of ether oxygens (including phenoxy) is 1. The zero-order valence-electron chi connectivity index (χ0n) is 9.02. The molecule has 0 amide bonds. The highest BCUT2D eigenvalue weighted by atomic mass is 16.5. The first kappa shape index (κ1) is 12.0. The minimum Gasteiger partial charge on any atom is -0.391 e. The van der Waals surface area contributed by atoms with Crippen LogP contribution in [0.4, 0.5) is 0 Å². The number of hydrogen-bond acceptors (Lipinski definition) is 2. The molecule has 0 aliphatic rings. The minimum absolute atomic E-state index is 0.496. The maximum absolute atomic E-state index is 8.98. The number of rotatable bonds is 6. The normalized spacial score (nSPS) is 12.4. The summed E-state index contributed by atoms with van der Waals surface area (Å²) in [7, 11) is 0. The van der Waals surface area contributed by atoms with Crippen molar-refractivity contribution in [3.63, 3.8) is 0 Å². The van der Waals surface area contributed by atoms with Crippen molar-refractivity contribution in [1.29, 1.82) is 0 Å². The number of aliphatic hydroxyl groups is 1. The third kappa shape index (κ3) is 4.77. The zero-order chi connectivity index (χ0) is 11.1. The summed E-state index contributed by atoms with van der Waals surface area (Å²) < 4.78 is 5.21. The third-order valence-electron chi connectivity index (χ3n) is 1.91. The number of hydrogen-bond donors (Lipinski definition) is 1. The van der Waals surface area contributed by atoms with Crippen molar-refractivity contribution in [3.05, 3.63) is 54.7 Å². The second-order valence-corrected chi connectivity index (χ2v) is 3.50. The fourth-order valence-electron chi connectivity index (χ4n) is 1.30. The molecule has 0 aliphatic carbocycles. The van der Waals surface area contributed by atoms with Gasteiger partial charge in [0.25, 0.3) is 0 Å². The van der Waals surface area contributed by atoms with Crippen molar-refractivity contribution in [3.8, 4) is 0 Å². The van der Waals surface area contributed by atoms with Crippen LogP contribution >= 0.6 is 0 Å². The molecule has 0 bridgehead atoms. The van der Waals surface area contributed by atoms with Gasteiger partial charge in [0.1, 0.15) is 6.61 Å². The molecule has 0 spiro atoms. The number of allylic oxidation sites excluding steroid dienone is 1. The van der Waals surface area contributed by atoms with Gasteiger partial charge < -0.3 is 9.84 Å². The maximum atomic E-state index is 8.98. The highest BCUT2D eigenvalue weighted by Crippen LogP contribution is 2.08. The average Bonchev–Trinajstić information content (AvgIpc) is 2.18. The van der Waals surface area contributed by atoms with Gasteiger partial charge >= 0.3 is 0 Å². The Morgan fingerprint density at radius 2 is 2.20 bits per heavy atom. The summed E-state index contributed by atoms with van der Waals surface area (Å²) >= 11 is 0. The Kier molecular flexibility index (Phi) is 5.08. The van der Waals surface area contributed by atoms with Crippen LogP contribution in [0, 0.1) is 6.61 Å². The van der Waals surface area contributed by atoms with Crippen LogP contribution in [0.1, 0.15) is 18.1 Å². The van der Waals surface area contributed by atoms with E-state index in [0.29, 0.717) is 6.61 Å². The van der Waals surface area contributed by atoms with Crippen LogP contribution in [-0.4, -0.2) is 11.2 Å². The molecule has 0 aliphatic heterocycles. The smallest absolute Gasteiger partial charge is 0.112 e. The van der Waals surface area contributed by atoms with Crippen molar-refractivity contribution >= 4 is 0 Å². The largest absolute Gasteiger partial charge is 0.391 e. The van der Waals surface area contributed by atoms with E-state index in [0.717, 1.165) is 12.0 Å². The Labute approximate surface area is 91.2 Å². The molecule has 0 aromatic heterocycles.